The standard InChI is InChI=1S/C16H14N2O3.C14H14ClNS.C2H5NS/c19-15(20)11-21-16-13-8-4-5-9-14(13)18(17-16)10-12-6-2-1-3-7-12;15-13-4-2-1-3-11(13)9-16-7-5-14-12(10-16)6-8-17-14;1-2(3)4/h1-9H,10-11H2,(H,19,20);1-4,6,8H,5,7,9-10H2;1H3,(H2,3,4). The number of benzene rings is 3. The van der Waals surface area contributed by atoms with E-state index < -0.39 is 12.6 Å². The number of carboxylic acid groups (broad SMARTS) is 1. The number of carboxylic acids is 1. The van der Waals surface area contributed by atoms with Crippen molar-refractivity contribution in [1.29, 1.82) is 0 Å². The highest BCUT2D eigenvalue weighted by Gasteiger charge is 2.17. The topological polar surface area (TPSA) is 93.6 Å². The normalized spacial score (nSPS) is 12.3. The van der Waals surface area contributed by atoms with E-state index in [0.29, 0.717) is 17.4 Å². The molecular weight excluding hydrogens is 588 g/mol. The number of rotatable bonds is 7. The summed E-state index contributed by atoms with van der Waals surface area (Å²) in [6.07, 6.45) is 1.18. The van der Waals surface area contributed by atoms with Crippen LogP contribution in [0.5, 0.6) is 5.88 Å². The van der Waals surface area contributed by atoms with Crippen LogP contribution < -0.4 is 10.5 Å². The Bertz CT molecular complexity index is 1620. The van der Waals surface area contributed by atoms with Crippen molar-refractivity contribution in [1.82, 2.24) is 14.7 Å². The van der Waals surface area contributed by atoms with Gasteiger partial charge in [0.15, 0.2) is 6.61 Å². The first-order valence-electron chi connectivity index (χ1n) is 13.4. The van der Waals surface area contributed by atoms with E-state index >= 15 is 0 Å². The average Bonchev–Trinajstić information content (AvgIpc) is 3.58. The van der Waals surface area contributed by atoms with Crippen molar-refractivity contribution in [3.8, 4) is 5.88 Å². The number of hydrogen-bond donors (Lipinski definition) is 2. The van der Waals surface area contributed by atoms with Crippen molar-refractivity contribution < 1.29 is 14.6 Å². The molecule has 0 atom stereocenters. The van der Waals surface area contributed by atoms with Gasteiger partial charge in [0.25, 0.3) is 0 Å². The SMILES string of the molecule is CC(N)=S.Clc1ccccc1CN1CCc2sccc2C1.O=C(O)COc1nn(Cc2ccccc2)c2ccccc12. The number of halogens is 1. The molecule has 0 bridgehead atoms. The molecule has 0 saturated heterocycles. The first kappa shape index (κ1) is 31.2. The number of nitrogens with two attached hydrogens (primary N) is 1. The third-order valence-corrected chi connectivity index (χ3v) is 7.76. The highest BCUT2D eigenvalue weighted by atomic mass is 35.5. The summed E-state index contributed by atoms with van der Waals surface area (Å²) in [5, 5.41) is 17.0. The van der Waals surface area contributed by atoms with Gasteiger partial charge in [-0.1, -0.05) is 84.5 Å². The zero-order valence-corrected chi connectivity index (χ0v) is 25.7. The maximum atomic E-state index is 10.6. The maximum Gasteiger partial charge on any atom is 0.341 e. The predicted molar refractivity (Wildman–Crippen MR) is 174 cm³/mol. The summed E-state index contributed by atoms with van der Waals surface area (Å²) >= 11 is 12.4. The third-order valence-electron chi connectivity index (χ3n) is 6.37. The zero-order valence-electron chi connectivity index (χ0n) is 23.3. The summed E-state index contributed by atoms with van der Waals surface area (Å²) in [6.45, 7) is 5.04. The second-order valence-electron chi connectivity index (χ2n) is 9.68. The molecule has 0 spiro atoms. The Kier molecular flexibility index (Phi) is 11.5. The Morgan fingerprint density at radius 1 is 1.05 bits per heavy atom. The first-order chi connectivity index (χ1) is 20.3. The number of para-hydroxylation sites is 1. The summed E-state index contributed by atoms with van der Waals surface area (Å²) in [5.41, 5.74) is 9.61. The molecule has 1 aliphatic heterocycles. The van der Waals surface area contributed by atoms with Gasteiger partial charge in [0, 0.05) is 29.5 Å². The lowest BCUT2D eigenvalue weighted by atomic mass is 10.1. The Balaban J connectivity index is 0.000000174. The lowest BCUT2D eigenvalue weighted by molar-refractivity contribution is -0.139. The number of carbonyl (C=O) groups is 1. The van der Waals surface area contributed by atoms with Crippen molar-refractivity contribution >= 4 is 57.0 Å². The molecule has 3 aromatic carbocycles. The summed E-state index contributed by atoms with van der Waals surface area (Å²) in [6, 6.07) is 28.0. The number of aromatic nitrogens is 2. The van der Waals surface area contributed by atoms with Crippen LogP contribution in [0.1, 0.15) is 28.5 Å². The zero-order chi connectivity index (χ0) is 29.9. The summed E-state index contributed by atoms with van der Waals surface area (Å²) in [7, 11) is 0. The molecular formula is C32H33ClN4O3S2. The van der Waals surface area contributed by atoms with Gasteiger partial charge in [-0.15, -0.1) is 16.4 Å². The van der Waals surface area contributed by atoms with E-state index in [1.165, 1.54) is 17.5 Å². The molecule has 2 aromatic heterocycles. The predicted octanol–water partition coefficient (Wildman–Crippen LogP) is 6.80. The molecule has 0 amide bonds. The fourth-order valence-electron chi connectivity index (χ4n) is 4.52. The number of thiocarbonyl (C=S) groups is 1. The van der Waals surface area contributed by atoms with E-state index in [9.17, 15) is 4.79 Å². The van der Waals surface area contributed by atoms with Gasteiger partial charge >= 0.3 is 5.97 Å². The molecule has 42 heavy (non-hydrogen) atoms. The highest BCUT2D eigenvalue weighted by Crippen LogP contribution is 2.27. The summed E-state index contributed by atoms with van der Waals surface area (Å²) < 4.78 is 7.09. The van der Waals surface area contributed by atoms with Gasteiger partial charge in [0.2, 0.25) is 5.88 Å². The largest absolute Gasteiger partial charge is 0.479 e. The second-order valence-corrected chi connectivity index (χ2v) is 11.7. The lowest BCUT2D eigenvalue weighted by Crippen LogP contribution is -2.29. The molecule has 6 rings (SSSR count). The van der Waals surface area contributed by atoms with Crippen molar-refractivity contribution in [2.24, 2.45) is 5.73 Å². The maximum absolute atomic E-state index is 10.6. The van der Waals surface area contributed by atoms with E-state index in [4.69, 9.17) is 27.2 Å². The molecule has 3 N–H and O–H groups in total. The monoisotopic (exact) mass is 620 g/mol. The van der Waals surface area contributed by atoms with Crippen LogP contribution in [0, 0.1) is 0 Å². The van der Waals surface area contributed by atoms with E-state index in [1.807, 2.05) is 82.7 Å². The van der Waals surface area contributed by atoms with Gasteiger partial charge in [0.05, 0.1) is 22.4 Å². The Labute approximate surface area is 260 Å². The van der Waals surface area contributed by atoms with E-state index in [2.05, 4.69) is 45.8 Å². The fourth-order valence-corrected chi connectivity index (χ4v) is 5.61. The van der Waals surface area contributed by atoms with Gasteiger partial charge in [0.1, 0.15) is 0 Å². The molecule has 1 aliphatic rings. The highest BCUT2D eigenvalue weighted by molar-refractivity contribution is 7.80. The average molecular weight is 621 g/mol. The van der Waals surface area contributed by atoms with Gasteiger partial charge in [-0.05, 0) is 59.7 Å². The van der Waals surface area contributed by atoms with Crippen LogP contribution in [-0.4, -0.2) is 43.9 Å². The molecule has 218 valence electrons. The molecule has 7 nitrogen and oxygen atoms in total. The molecule has 10 heteroatoms. The Morgan fingerprint density at radius 2 is 1.74 bits per heavy atom. The molecule has 0 unspecified atom stereocenters. The lowest BCUT2D eigenvalue weighted by Gasteiger charge is -2.27. The number of fused-ring (bicyclic) bond motifs is 2. The molecule has 0 fully saturated rings. The van der Waals surface area contributed by atoms with Crippen molar-refractivity contribution in [2.75, 3.05) is 13.2 Å². The number of nitrogens with zero attached hydrogens (tertiary/aromatic N) is 3. The minimum atomic E-state index is -1.02. The van der Waals surface area contributed by atoms with Crippen LogP contribution in [0.4, 0.5) is 0 Å². The van der Waals surface area contributed by atoms with Crippen molar-refractivity contribution in [3.05, 3.63) is 117 Å². The first-order valence-corrected chi connectivity index (χ1v) is 15.1. The number of ether oxygens (including phenoxy) is 1. The quantitative estimate of drug-likeness (QED) is 0.193. The smallest absolute Gasteiger partial charge is 0.341 e. The van der Waals surface area contributed by atoms with Crippen LogP contribution >= 0.6 is 35.2 Å². The molecule has 0 saturated carbocycles. The number of aliphatic carboxylic acids is 1. The minimum Gasteiger partial charge on any atom is -0.479 e. The molecule has 0 aliphatic carbocycles. The van der Waals surface area contributed by atoms with Gasteiger partial charge in [-0.25, -0.2) is 4.79 Å². The Morgan fingerprint density at radius 3 is 2.48 bits per heavy atom. The molecule has 5 aromatic rings. The number of thiophene rings is 1. The molecule has 3 heterocycles. The van der Waals surface area contributed by atoms with Gasteiger partial charge in [-0.2, -0.15) is 0 Å². The molecule has 0 radical (unpaired) electrons. The van der Waals surface area contributed by atoms with Crippen molar-refractivity contribution in [3.63, 3.8) is 0 Å². The van der Waals surface area contributed by atoms with Gasteiger partial charge < -0.3 is 15.6 Å². The van der Waals surface area contributed by atoms with E-state index in [-0.39, 0.29) is 0 Å². The summed E-state index contributed by atoms with van der Waals surface area (Å²) in [5.74, 6) is -0.666. The second kappa shape index (κ2) is 15.5. The fraction of sp³-hybridized carbons (Fsp3) is 0.219. The van der Waals surface area contributed by atoms with Crippen LogP contribution in [0.3, 0.4) is 0 Å². The summed E-state index contributed by atoms with van der Waals surface area (Å²) in [4.78, 5) is 15.2. The van der Waals surface area contributed by atoms with E-state index in [0.717, 1.165) is 41.1 Å². The van der Waals surface area contributed by atoms with Crippen LogP contribution in [-0.2, 0) is 30.8 Å². The van der Waals surface area contributed by atoms with Crippen LogP contribution in [0.25, 0.3) is 10.9 Å². The van der Waals surface area contributed by atoms with Crippen molar-refractivity contribution in [2.45, 2.75) is 33.0 Å². The van der Waals surface area contributed by atoms with Gasteiger partial charge in [-0.3, -0.25) is 9.58 Å². The number of hydrogen-bond acceptors (Lipinski definition) is 6. The third kappa shape index (κ3) is 9.12. The van der Waals surface area contributed by atoms with Crippen LogP contribution in [0.2, 0.25) is 5.02 Å². The van der Waals surface area contributed by atoms with E-state index in [1.54, 1.807) is 11.8 Å². The van der Waals surface area contributed by atoms with Crippen LogP contribution in [0.15, 0.2) is 90.3 Å². The Hall–Kier alpha value is -3.76. The minimum absolute atomic E-state index is 0.351.